The SMILES string of the molecule is CC(CC(=O)O)O/N=C(\C(=O)NC1C(=O)N2C(C(=O)O)=C(CSC3=NC(N)=CC(N(C)C)N3C)CS[C@@H]12)c1csc(N)n1. The van der Waals surface area contributed by atoms with Crippen LogP contribution in [0.25, 0.3) is 0 Å². The molecule has 2 amide bonds. The molecule has 16 nitrogen and oxygen atoms in total. The fourth-order valence-electron chi connectivity index (χ4n) is 4.42. The highest BCUT2D eigenvalue weighted by Gasteiger charge is 2.54. The smallest absolute Gasteiger partial charge is 0.352 e. The Bertz CT molecular complexity index is 1440. The van der Waals surface area contributed by atoms with Gasteiger partial charge in [-0.2, -0.15) is 0 Å². The number of aliphatic carboxylic acids is 2. The molecule has 232 valence electrons. The molecule has 3 unspecified atom stereocenters. The van der Waals surface area contributed by atoms with Gasteiger partial charge in [0, 0.05) is 23.9 Å². The van der Waals surface area contributed by atoms with Gasteiger partial charge < -0.3 is 36.7 Å². The maximum atomic E-state index is 13.2. The van der Waals surface area contributed by atoms with Crippen molar-refractivity contribution >= 4 is 74.6 Å². The Kier molecular flexibility index (Phi) is 9.88. The molecule has 3 aliphatic rings. The average Bonchev–Trinajstić information content (AvgIpc) is 3.36. The van der Waals surface area contributed by atoms with Crippen molar-refractivity contribution in [2.45, 2.75) is 37.0 Å². The Balaban J connectivity index is 1.49. The van der Waals surface area contributed by atoms with Crippen LogP contribution in [-0.4, -0.2) is 121 Å². The van der Waals surface area contributed by atoms with E-state index in [0.717, 1.165) is 11.3 Å². The number of hydrogen-bond donors (Lipinski definition) is 5. The molecule has 4 atom stereocenters. The van der Waals surface area contributed by atoms with Gasteiger partial charge in [-0.05, 0) is 32.7 Å². The maximum Gasteiger partial charge on any atom is 0.352 e. The molecule has 4 rings (SSSR count). The number of oxime groups is 1. The van der Waals surface area contributed by atoms with Crippen molar-refractivity contribution < 1.29 is 34.2 Å². The van der Waals surface area contributed by atoms with Gasteiger partial charge >= 0.3 is 11.9 Å². The molecule has 0 aliphatic carbocycles. The molecule has 7 N–H and O–H groups in total. The molecule has 19 heteroatoms. The number of fused-ring (bicyclic) bond motifs is 1. The highest BCUT2D eigenvalue weighted by molar-refractivity contribution is 8.14. The van der Waals surface area contributed by atoms with E-state index in [1.54, 1.807) is 0 Å². The van der Waals surface area contributed by atoms with Gasteiger partial charge in [0.2, 0.25) is 0 Å². The quantitative estimate of drug-likeness (QED) is 0.118. The number of thiazole rings is 1. The van der Waals surface area contributed by atoms with E-state index < -0.39 is 41.3 Å². The van der Waals surface area contributed by atoms with E-state index in [9.17, 15) is 24.3 Å². The first-order valence-corrected chi connectivity index (χ1v) is 15.7. The molecular formula is C24H31N9O7S3. The summed E-state index contributed by atoms with van der Waals surface area (Å²) in [6, 6.07) is -1.04. The van der Waals surface area contributed by atoms with Crippen molar-refractivity contribution in [2.24, 2.45) is 15.9 Å². The van der Waals surface area contributed by atoms with Crippen LogP contribution in [0, 0.1) is 0 Å². The summed E-state index contributed by atoms with van der Waals surface area (Å²) in [4.78, 5) is 68.4. The van der Waals surface area contributed by atoms with Crippen molar-refractivity contribution in [3.05, 3.63) is 34.2 Å². The summed E-state index contributed by atoms with van der Waals surface area (Å²) in [6.07, 6.45) is 0.467. The number of likely N-dealkylation sites (N-methyl/N-ethyl adjacent to an activating group) is 2. The second-order valence-electron chi connectivity index (χ2n) is 9.91. The predicted molar refractivity (Wildman–Crippen MR) is 163 cm³/mol. The van der Waals surface area contributed by atoms with E-state index in [1.807, 2.05) is 37.0 Å². The molecular weight excluding hydrogens is 623 g/mol. The third-order valence-corrected chi connectivity index (χ3v) is 9.59. The number of carbonyl (C=O) groups excluding carboxylic acids is 2. The summed E-state index contributed by atoms with van der Waals surface area (Å²) >= 11 is 3.68. The largest absolute Gasteiger partial charge is 0.481 e. The minimum Gasteiger partial charge on any atom is -0.481 e. The summed E-state index contributed by atoms with van der Waals surface area (Å²) < 4.78 is 0. The number of anilines is 1. The van der Waals surface area contributed by atoms with Gasteiger partial charge in [-0.15, -0.1) is 23.1 Å². The minimum atomic E-state index is -1.26. The zero-order valence-corrected chi connectivity index (χ0v) is 26.0. The van der Waals surface area contributed by atoms with Crippen LogP contribution in [0.3, 0.4) is 0 Å². The Morgan fingerprint density at radius 2 is 2.05 bits per heavy atom. The van der Waals surface area contributed by atoms with Crippen LogP contribution in [0.5, 0.6) is 0 Å². The number of β-lactam (4-membered cyclic amide) rings is 1. The van der Waals surface area contributed by atoms with Crippen LogP contribution in [0.4, 0.5) is 5.13 Å². The summed E-state index contributed by atoms with van der Waals surface area (Å²) in [7, 11) is 5.67. The summed E-state index contributed by atoms with van der Waals surface area (Å²) in [6.45, 7) is 1.47. The molecule has 0 bridgehead atoms. The Labute approximate surface area is 258 Å². The van der Waals surface area contributed by atoms with Crippen LogP contribution in [0.1, 0.15) is 19.0 Å². The van der Waals surface area contributed by atoms with Gasteiger partial charge in [0.15, 0.2) is 16.0 Å². The van der Waals surface area contributed by atoms with Crippen LogP contribution in [0.15, 0.2) is 38.7 Å². The monoisotopic (exact) mass is 653 g/mol. The molecule has 4 heterocycles. The minimum absolute atomic E-state index is 0.0791. The predicted octanol–water partition coefficient (Wildman–Crippen LogP) is -0.230. The van der Waals surface area contributed by atoms with Gasteiger partial charge in [0.05, 0.1) is 6.42 Å². The van der Waals surface area contributed by atoms with Crippen molar-refractivity contribution in [1.29, 1.82) is 0 Å². The Morgan fingerprint density at radius 3 is 2.65 bits per heavy atom. The Morgan fingerprint density at radius 1 is 1.33 bits per heavy atom. The first-order valence-electron chi connectivity index (χ1n) is 12.7. The van der Waals surface area contributed by atoms with E-state index in [1.165, 1.54) is 40.7 Å². The van der Waals surface area contributed by atoms with Gasteiger partial charge in [-0.1, -0.05) is 16.9 Å². The first-order chi connectivity index (χ1) is 20.3. The number of amides is 2. The molecule has 3 aliphatic heterocycles. The van der Waals surface area contributed by atoms with Gasteiger partial charge in [-0.3, -0.25) is 24.2 Å². The average molecular weight is 654 g/mol. The number of carboxylic acids is 2. The molecule has 1 fully saturated rings. The lowest BCUT2D eigenvalue weighted by Crippen LogP contribution is -2.71. The molecule has 1 aromatic rings. The lowest BCUT2D eigenvalue weighted by molar-refractivity contribution is -0.150. The number of aliphatic imine (C=N–C) groups is 1. The zero-order chi connectivity index (χ0) is 31.6. The van der Waals surface area contributed by atoms with Crippen LogP contribution < -0.4 is 16.8 Å². The van der Waals surface area contributed by atoms with Crippen molar-refractivity contribution in [2.75, 3.05) is 38.4 Å². The van der Waals surface area contributed by atoms with E-state index >= 15 is 0 Å². The number of amidine groups is 1. The fourth-order valence-corrected chi connectivity index (χ4v) is 7.46. The number of nitrogen functional groups attached to an aromatic ring is 1. The lowest BCUT2D eigenvalue weighted by atomic mass is 10.0. The highest BCUT2D eigenvalue weighted by Crippen LogP contribution is 2.41. The summed E-state index contributed by atoms with van der Waals surface area (Å²) in [5.41, 5.74) is 11.9. The summed E-state index contributed by atoms with van der Waals surface area (Å²) in [5, 5.41) is 27.0. The lowest BCUT2D eigenvalue weighted by Gasteiger charge is -2.49. The number of thioether (sulfide) groups is 2. The van der Waals surface area contributed by atoms with Crippen LogP contribution in [0.2, 0.25) is 0 Å². The molecule has 0 spiro atoms. The summed E-state index contributed by atoms with van der Waals surface area (Å²) in [5.74, 6) is -2.88. The molecule has 0 saturated carbocycles. The van der Waals surface area contributed by atoms with Crippen molar-refractivity contribution in [3.63, 3.8) is 0 Å². The molecule has 0 radical (unpaired) electrons. The number of carbonyl (C=O) groups is 4. The second kappa shape index (κ2) is 13.2. The van der Waals surface area contributed by atoms with E-state index in [0.29, 0.717) is 22.3 Å². The number of carboxylic acid groups (broad SMARTS) is 2. The number of nitrogens with two attached hydrogens (primary N) is 2. The molecule has 0 aromatic carbocycles. The topological polar surface area (TPSA) is 229 Å². The molecule has 1 saturated heterocycles. The van der Waals surface area contributed by atoms with E-state index in [2.05, 4.69) is 20.4 Å². The van der Waals surface area contributed by atoms with Gasteiger partial charge in [-0.25, -0.2) is 14.8 Å². The standard InChI is InChI=1S/C24H31N9O7S3/c1-10(5-15(34)35)40-30-16(12-9-42-23(26)27-12)19(36)29-17-20(37)33-18(22(38)39)11(7-41-21(17)33)8-43-24-28-13(25)6-14(31(2)3)32(24)4/h6,9-10,14,17,21H,5,7-8,25H2,1-4H3,(H2,26,27)(H,29,36)(H,34,35)(H,38,39)/b30-16-/t10?,14?,17?,21-/m0/s1. The Hall–Kier alpha value is -3.81. The number of hydrogen-bond acceptors (Lipinski definition) is 15. The van der Waals surface area contributed by atoms with E-state index in [-0.39, 0.29) is 40.6 Å². The normalized spacial score (nSPS) is 22.9. The van der Waals surface area contributed by atoms with Crippen molar-refractivity contribution in [1.82, 2.24) is 25.0 Å². The number of rotatable bonds is 11. The van der Waals surface area contributed by atoms with E-state index in [4.69, 9.17) is 21.4 Å². The third-order valence-electron chi connectivity index (χ3n) is 6.45. The van der Waals surface area contributed by atoms with Crippen LogP contribution >= 0.6 is 34.9 Å². The van der Waals surface area contributed by atoms with Gasteiger partial charge in [0.25, 0.3) is 11.8 Å². The molecule has 1 aromatic heterocycles. The second-order valence-corrected chi connectivity index (χ2v) is 12.8. The van der Waals surface area contributed by atoms with Gasteiger partial charge in [0.1, 0.15) is 40.9 Å². The number of aromatic nitrogens is 1. The highest BCUT2D eigenvalue weighted by atomic mass is 32.2. The van der Waals surface area contributed by atoms with Crippen LogP contribution in [-0.2, 0) is 24.0 Å². The third kappa shape index (κ3) is 7.06. The zero-order valence-electron chi connectivity index (χ0n) is 23.6. The number of nitrogens with one attached hydrogen (secondary N) is 1. The number of nitrogens with zero attached hydrogens (tertiary/aromatic N) is 6. The fraction of sp³-hybridized carbons (Fsp3) is 0.458. The van der Waals surface area contributed by atoms with Crippen molar-refractivity contribution in [3.8, 4) is 0 Å². The maximum absolute atomic E-state index is 13.2. The molecule has 43 heavy (non-hydrogen) atoms. The first kappa shape index (κ1) is 32.1.